The molecule has 7 heteroatoms. The minimum atomic E-state index is -2.91. The molecule has 0 fully saturated rings. The quantitative estimate of drug-likeness (QED) is 0.834. The summed E-state index contributed by atoms with van der Waals surface area (Å²) in [5, 5.41) is 8.60. The summed E-state index contributed by atoms with van der Waals surface area (Å²) < 4.78 is 29.7. The SMILES string of the molecule is COc1nc(C#N)c(C(F)F)cc1C(N)=O. The van der Waals surface area contributed by atoms with Crippen LogP contribution in [0.2, 0.25) is 0 Å². The smallest absolute Gasteiger partial charge is 0.266 e. The van der Waals surface area contributed by atoms with Crippen molar-refractivity contribution in [2.75, 3.05) is 7.11 Å². The number of halogens is 2. The maximum absolute atomic E-state index is 12.5. The number of nitrogens with two attached hydrogens (primary N) is 1. The molecule has 0 radical (unpaired) electrons. The van der Waals surface area contributed by atoms with Crippen LogP contribution in [0.3, 0.4) is 0 Å². The van der Waals surface area contributed by atoms with Crippen molar-refractivity contribution in [2.45, 2.75) is 6.43 Å². The first-order chi connectivity index (χ1) is 7.51. The largest absolute Gasteiger partial charge is 0.480 e. The topological polar surface area (TPSA) is 89.0 Å². The van der Waals surface area contributed by atoms with Gasteiger partial charge >= 0.3 is 0 Å². The first kappa shape index (κ1) is 11.8. The molecule has 0 atom stereocenters. The summed E-state index contributed by atoms with van der Waals surface area (Å²) in [6.45, 7) is 0. The van der Waals surface area contributed by atoms with E-state index in [9.17, 15) is 13.6 Å². The normalized spacial score (nSPS) is 9.94. The van der Waals surface area contributed by atoms with Gasteiger partial charge in [-0.25, -0.2) is 13.8 Å². The highest BCUT2D eigenvalue weighted by molar-refractivity contribution is 5.95. The first-order valence-electron chi connectivity index (χ1n) is 4.08. The van der Waals surface area contributed by atoms with Crippen molar-refractivity contribution in [1.82, 2.24) is 4.98 Å². The highest BCUT2D eigenvalue weighted by Gasteiger charge is 2.21. The van der Waals surface area contributed by atoms with Gasteiger partial charge in [-0.05, 0) is 6.07 Å². The van der Waals surface area contributed by atoms with E-state index in [1.807, 2.05) is 0 Å². The Morgan fingerprint density at radius 3 is 2.69 bits per heavy atom. The summed E-state index contributed by atoms with van der Waals surface area (Å²) in [5.41, 5.74) is 3.55. The molecular formula is C9H7F2N3O2. The fourth-order valence-corrected chi connectivity index (χ4v) is 1.10. The molecule has 5 nitrogen and oxygen atoms in total. The summed E-state index contributed by atoms with van der Waals surface area (Å²) in [6.07, 6.45) is -2.91. The predicted molar refractivity (Wildman–Crippen MR) is 49.0 cm³/mol. The minimum Gasteiger partial charge on any atom is -0.480 e. The van der Waals surface area contributed by atoms with Crippen molar-refractivity contribution in [3.63, 3.8) is 0 Å². The molecule has 1 aromatic rings. The second-order valence-corrected chi connectivity index (χ2v) is 2.76. The number of nitriles is 1. The van der Waals surface area contributed by atoms with Crippen molar-refractivity contribution in [1.29, 1.82) is 5.26 Å². The van der Waals surface area contributed by atoms with Crippen LogP contribution in [0.25, 0.3) is 0 Å². The van der Waals surface area contributed by atoms with Gasteiger partial charge in [-0.1, -0.05) is 0 Å². The van der Waals surface area contributed by atoms with Gasteiger partial charge in [0.25, 0.3) is 12.3 Å². The van der Waals surface area contributed by atoms with Crippen LogP contribution in [0.15, 0.2) is 6.07 Å². The molecule has 84 valence electrons. The molecular weight excluding hydrogens is 220 g/mol. The molecule has 16 heavy (non-hydrogen) atoms. The van der Waals surface area contributed by atoms with Gasteiger partial charge in [0.15, 0.2) is 5.69 Å². The zero-order chi connectivity index (χ0) is 12.3. The van der Waals surface area contributed by atoms with Crippen LogP contribution in [0.1, 0.15) is 28.0 Å². The molecule has 1 heterocycles. The first-order valence-corrected chi connectivity index (χ1v) is 4.08. The second-order valence-electron chi connectivity index (χ2n) is 2.76. The molecule has 0 aromatic carbocycles. The van der Waals surface area contributed by atoms with Crippen LogP contribution in [0.5, 0.6) is 5.88 Å². The highest BCUT2D eigenvalue weighted by atomic mass is 19.3. The van der Waals surface area contributed by atoms with Gasteiger partial charge < -0.3 is 10.5 Å². The number of amides is 1. The van der Waals surface area contributed by atoms with Crippen LogP contribution in [-0.4, -0.2) is 18.0 Å². The molecule has 0 saturated carbocycles. The second kappa shape index (κ2) is 4.53. The monoisotopic (exact) mass is 227 g/mol. The summed E-state index contributed by atoms with van der Waals surface area (Å²) in [6, 6.07) is 2.31. The average Bonchev–Trinajstić information content (AvgIpc) is 2.26. The molecule has 0 aliphatic heterocycles. The zero-order valence-electron chi connectivity index (χ0n) is 8.20. The predicted octanol–water partition coefficient (Wildman–Crippen LogP) is 0.998. The fourth-order valence-electron chi connectivity index (χ4n) is 1.10. The number of hydrogen-bond acceptors (Lipinski definition) is 4. The van der Waals surface area contributed by atoms with Crippen LogP contribution < -0.4 is 10.5 Å². The van der Waals surface area contributed by atoms with E-state index in [1.54, 1.807) is 0 Å². The van der Waals surface area contributed by atoms with Gasteiger partial charge in [0.1, 0.15) is 11.6 Å². The summed E-state index contributed by atoms with van der Waals surface area (Å²) in [7, 11) is 1.19. The van der Waals surface area contributed by atoms with Crippen molar-refractivity contribution in [3.8, 4) is 11.9 Å². The number of primary amides is 1. The Labute approximate surface area is 89.4 Å². The molecule has 2 N–H and O–H groups in total. The Kier molecular flexibility index (Phi) is 3.35. The van der Waals surface area contributed by atoms with E-state index in [-0.39, 0.29) is 11.4 Å². The molecule has 0 saturated heterocycles. The van der Waals surface area contributed by atoms with E-state index in [2.05, 4.69) is 9.72 Å². The Bertz CT molecular complexity index is 469. The molecule has 1 amide bonds. The Morgan fingerprint density at radius 2 is 2.31 bits per heavy atom. The lowest BCUT2D eigenvalue weighted by Crippen LogP contribution is -2.15. The van der Waals surface area contributed by atoms with Gasteiger partial charge in [0, 0.05) is 0 Å². The number of ether oxygens (including phenoxy) is 1. The maximum atomic E-state index is 12.5. The molecule has 0 aliphatic carbocycles. The number of carbonyl (C=O) groups is 1. The lowest BCUT2D eigenvalue weighted by atomic mass is 10.1. The van der Waals surface area contributed by atoms with Gasteiger partial charge in [-0.2, -0.15) is 5.26 Å². The number of nitrogens with zero attached hydrogens (tertiary/aromatic N) is 2. The molecule has 0 spiro atoms. The summed E-state index contributed by atoms with van der Waals surface area (Å²) in [5.74, 6) is -1.19. The Morgan fingerprint density at radius 1 is 1.69 bits per heavy atom. The van der Waals surface area contributed by atoms with E-state index in [4.69, 9.17) is 11.0 Å². The van der Waals surface area contributed by atoms with E-state index >= 15 is 0 Å². The summed E-state index contributed by atoms with van der Waals surface area (Å²) in [4.78, 5) is 14.4. The number of hydrogen-bond donors (Lipinski definition) is 1. The third kappa shape index (κ3) is 2.06. The Hall–Kier alpha value is -2.23. The van der Waals surface area contributed by atoms with Gasteiger partial charge in [-0.3, -0.25) is 4.79 Å². The van der Waals surface area contributed by atoms with Gasteiger partial charge in [-0.15, -0.1) is 0 Å². The number of carbonyl (C=O) groups excluding carboxylic acids is 1. The molecule has 1 aromatic heterocycles. The van der Waals surface area contributed by atoms with Crippen LogP contribution in [0, 0.1) is 11.3 Å². The number of methoxy groups -OCH3 is 1. The highest BCUT2D eigenvalue weighted by Crippen LogP contribution is 2.26. The van der Waals surface area contributed by atoms with Crippen LogP contribution in [-0.2, 0) is 0 Å². The lowest BCUT2D eigenvalue weighted by molar-refractivity contribution is 0.0996. The molecule has 0 bridgehead atoms. The number of alkyl halides is 2. The molecule has 0 unspecified atom stereocenters. The molecule has 0 aliphatic rings. The number of pyridine rings is 1. The minimum absolute atomic E-state index is 0.242. The molecule has 1 rings (SSSR count). The number of rotatable bonds is 3. The van der Waals surface area contributed by atoms with Crippen LogP contribution >= 0.6 is 0 Å². The van der Waals surface area contributed by atoms with Gasteiger partial charge in [0.2, 0.25) is 5.88 Å². The van der Waals surface area contributed by atoms with E-state index in [0.29, 0.717) is 0 Å². The van der Waals surface area contributed by atoms with Crippen molar-refractivity contribution >= 4 is 5.91 Å². The average molecular weight is 227 g/mol. The van der Waals surface area contributed by atoms with E-state index in [1.165, 1.54) is 13.2 Å². The lowest BCUT2D eigenvalue weighted by Gasteiger charge is -2.08. The van der Waals surface area contributed by atoms with Crippen LogP contribution in [0.4, 0.5) is 8.78 Å². The summed E-state index contributed by atoms with van der Waals surface area (Å²) >= 11 is 0. The Balaban J connectivity index is 3.48. The zero-order valence-corrected chi connectivity index (χ0v) is 8.20. The maximum Gasteiger partial charge on any atom is 0.266 e. The third-order valence-electron chi connectivity index (χ3n) is 1.82. The van der Waals surface area contributed by atoms with E-state index < -0.39 is 23.6 Å². The van der Waals surface area contributed by atoms with Gasteiger partial charge in [0.05, 0.1) is 12.7 Å². The standard InChI is InChI=1S/C9H7F2N3O2/c1-16-9-5(8(13)15)2-4(7(10)11)6(3-12)14-9/h2,7H,1H3,(H2,13,15). The third-order valence-corrected chi connectivity index (χ3v) is 1.82. The fraction of sp³-hybridized carbons (Fsp3) is 0.222. The number of aromatic nitrogens is 1. The van der Waals surface area contributed by atoms with E-state index in [0.717, 1.165) is 6.07 Å². The van der Waals surface area contributed by atoms with Crippen molar-refractivity contribution in [3.05, 3.63) is 22.9 Å². The van der Waals surface area contributed by atoms with Crippen molar-refractivity contribution in [2.24, 2.45) is 5.73 Å². The van der Waals surface area contributed by atoms with Crippen molar-refractivity contribution < 1.29 is 18.3 Å².